The molecule has 0 spiro atoms. The zero-order valence-electron chi connectivity index (χ0n) is 16.3. The van der Waals surface area contributed by atoms with Crippen LogP contribution in [0.15, 0.2) is 66.7 Å². The van der Waals surface area contributed by atoms with Gasteiger partial charge in [-0.15, -0.1) is 0 Å². The lowest BCUT2D eigenvalue weighted by atomic mass is 9.98. The number of anilines is 1. The van der Waals surface area contributed by atoms with Crippen LogP contribution in [0, 0.1) is 11.3 Å². The summed E-state index contributed by atoms with van der Waals surface area (Å²) in [6, 6.07) is 22.6. The highest BCUT2D eigenvalue weighted by Crippen LogP contribution is 2.26. The highest BCUT2D eigenvalue weighted by atomic mass is 16.2. The second kappa shape index (κ2) is 9.00. The van der Waals surface area contributed by atoms with Crippen molar-refractivity contribution in [1.82, 2.24) is 10.2 Å². The van der Waals surface area contributed by atoms with E-state index in [4.69, 9.17) is 5.26 Å². The number of rotatable bonds is 5. The summed E-state index contributed by atoms with van der Waals surface area (Å²) in [6.45, 7) is 0.271. The number of nitrogens with zero attached hydrogens (tertiary/aromatic N) is 2. The highest BCUT2D eigenvalue weighted by Gasteiger charge is 2.20. The fourth-order valence-electron chi connectivity index (χ4n) is 3.25. The number of para-hydroxylation sites is 1. The molecule has 0 aliphatic carbocycles. The van der Waals surface area contributed by atoms with E-state index in [1.807, 2.05) is 61.5 Å². The first-order chi connectivity index (χ1) is 14.0. The Hall–Kier alpha value is -3.69. The standard InChI is InChI=1S/C23H22N4O2/c1-27(2)21(19-12-7-10-16-8-3-5-11-18(16)19)15-25-22(28)23(29)26-20-13-6-4-9-17(20)14-24/h3-13,21H,15H2,1-2H3,(H,25,28)(H,26,29)/t21-/m1/s1. The molecule has 6 nitrogen and oxygen atoms in total. The average molecular weight is 386 g/mol. The van der Waals surface area contributed by atoms with Gasteiger partial charge in [0.05, 0.1) is 17.3 Å². The van der Waals surface area contributed by atoms with Gasteiger partial charge in [-0.1, -0.05) is 54.6 Å². The molecular weight excluding hydrogens is 364 g/mol. The summed E-state index contributed by atoms with van der Waals surface area (Å²) in [5.74, 6) is -1.55. The molecule has 0 saturated heterocycles. The van der Waals surface area contributed by atoms with Crippen molar-refractivity contribution in [3.05, 3.63) is 77.9 Å². The molecule has 0 aliphatic heterocycles. The molecular formula is C23H22N4O2. The minimum atomic E-state index is -0.803. The van der Waals surface area contributed by atoms with Gasteiger partial charge in [0.2, 0.25) is 0 Å². The van der Waals surface area contributed by atoms with Crippen LogP contribution in [0.4, 0.5) is 5.69 Å². The van der Waals surface area contributed by atoms with Gasteiger partial charge in [-0.2, -0.15) is 5.26 Å². The number of fused-ring (bicyclic) bond motifs is 1. The first-order valence-corrected chi connectivity index (χ1v) is 9.23. The van der Waals surface area contributed by atoms with Crippen molar-refractivity contribution in [3.63, 3.8) is 0 Å². The molecule has 3 aromatic carbocycles. The maximum absolute atomic E-state index is 12.3. The van der Waals surface area contributed by atoms with Crippen LogP contribution >= 0.6 is 0 Å². The number of hydrogen-bond donors (Lipinski definition) is 2. The molecule has 3 aromatic rings. The Bertz CT molecular complexity index is 1080. The van der Waals surface area contributed by atoms with Crippen LogP contribution in [0.25, 0.3) is 10.8 Å². The number of amides is 2. The van der Waals surface area contributed by atoms with Crippen LogP contribution in [0.3, 0.4) is 0 Å². The third kappa shape index (κ3) is 4.60. The molecule has 29 heavy (non-hydrogen) atoms. The summed E-state index contributed by atoms with van der Waals surface area (Å²) in [5.41, 5.74) is 1.69. The topological polar surface area (TPSA) is 85.2 Å². The van der Waals surface area contributed by atoms with Gasteiger partial charge in [0, 0.05) is 6.54 Å². The minimum Gasteiger partial charge on any atom is -0.346 e. The fourth-order valence-corrected chi connectivity index (χ4v) is 3.25. The largest absolute Gasteiger partial charge is 0.346 e. The third-order valence-electron chi connectivity index (χ3n) is 4.76. The number of likely N-dealkylation sites (N-methyl/N-ethyl adjacent to an activating group) is 1. The van der Waals surface area contributed by atoms with Crippen molar-refractivity contribution in [3.8, 4) is 6.07 Å². The Labute approximate surface area is 169 Å². The molecule has 6 heteroatoms. The van der Waals surface area contributed by atoms with Crippen molar-refractivity contribution in [2.75, 3.05) is 26.0 Å². The molecule has 0 aliphatic rings. The highest BCUT2D eigenvalue weighted by molar-refractivity contribution is 6.39. The molecule has 146 valence electrons. The smallest absolute Gasteiger partial charge is 0.313 e. The molecule has 1 atom stereocenters. The lowest BCUT2D eigenvalue weighted by Gasteiger charge is -2.26. The average Bonchev–Trinajstić information content (AvgIpc) is 2.74. The van der Waals surface area contributed by atoms with E-state index in [9.17, 15) is 9.59 Å². The Morgan fingerprint density at radius 1 is 0.966 bits per heavy atom. The van der Waals surface area contributed by atoms with E-state index >= 15 is 0 Å². The van der Waals surface area contributed by atoms with Crippen LogP contribution < -0.4 is 10.6 Å². The first kappa shape index (κ1) is 20.1. The summed E-state index contributed by atoms with van der Waals surface area (Å²) in [5, 5.41) is 16.5. The predicted octanol–water partition coefficient (Wildman–Crippen LogP) is 3.07. The summed E-state index contributed by atoms with van der Waals surface area (Å²) < 4.78 is 0. The van der Waals surface area contributed by atoms with Crippen LogP contribution in [-0.2, 0) is 9.59 Å². The Balaban J connectivity index is 1.73. The van der Waals surface area contributed by atoms with Crippen molar-refractivity contribution < 1.29 is 9.59 Å². The molecule has 2 N–H and O–H groups in total. The van der Waals surface area contributed by atoms with Gasteiger partial charge in [0.1, 0.15) is 6.07 Å². The van der Waals surface area contributed by atoms with Crippen molar-refractivity contribution >= 4 is 28.3 Å². The van der Waals surface area contributed by atoms with Crippen molar-refractivity contribution in [2.45, 2.75) is 6.04 Å². The lowest BCUT2D eigenvalue weighted by molar-refractivity contribution is -0.136. The van der Waals surface area contributed by atoms with Crippen LogP contribution in [0.1, 0.15) is 17.2 Å². The summed E-state index contributed by atoms with van der Waals surface area (Å²) >= 11 is 0. The number of nitrogens with one attached hydrogen (secondary N) is 2. The van der Waals surface area contributed by atoms with Crippen LogP contribution in [-0.4, -0.2) is 37.4 Å². The number of benzene rings is 3. The van der Waals surface area contributed by atoms with Gasteiger partial charge in [0.25, 0.3) is 0 Å². The second-order valence-electron chi connectivity index (χ2n) is 6.87. The van der Waals surface area contributed by atoms with E-state index < -0.39 is 11.8 Å². The monoisotopic (exact) mass is 386 g/mol. The van der Waals surface area contributed by atoms with E-state index in [-0.39, 0.29) is 12.6 Å². The van der Waals surface area contributed by atoms with Gasteiger partial charge < -0.3 is 15.5 Å². The second-order valence-corrected chi connectivity index (χ2v) is 6.87. The van der Waals surface area contributed by atoms with E-state index in [0.29, 0.717) is 11.3 Å². The fraction of sp³-hybridized carbons (Fsp3) is 0.174. The van der Waals surface area contributed by atoms with Crippen LogP contribution in [0.5, 0.6) is 0 Å². The van der Waals surface area contributed by atoms with Gasteiger partial charge in [-0.3, -0.25) is 9.59 Å². The number of carbonyl (C=O) groups is 2. The molecule has 0 aromatic heterocycles. The van der Waals surface area contributed by atoms with E-state index in [0.717, 1.165) is 16.3 Å². The van der Waals surface area contributed by atoms with Crippen LogP contribution in [0.2, 0.25) is 0 Å². The Morgan fingerprint density at radius 3 is 2.41 bits per heavy atom. The van der Waals surface area contributed by atoms with Gasteiger partial charge >= 0.3 is 11.8 Å². The molecule has 2 amide bonds. The van der Waals surface area contributed by atoms with Gasteiger partial charge in [-0.25, -0.2) is 0 Å². The number of nitriles is 1. The molecule has 0 heterocycles. The minimum absolute atomic E-state index is 0.107. The molecule has 0 bridgehead atoms. The zero-order valence-corrected chi connectivity index (χ0v) is 16.3. The molecule has 0 radical (unpaired) electrons. The number of hydrogen-bond acceptors (Lipinski definition) is 4. The maximum atomic E-state index is 12.3. The van der Waals surface area contributed by atoms with Crippen molar-refractivity contribution in [2.24, 2.45) is 0 Å². The summed E-state index contributed by atoms with van der Waals surface area (Å²) in [6.07, 6.45) is 0. The number of carbonyl (C=O) groups excluding carboxylic acids is 2. The summed E-state index contributed by atoms with van der Waals surface area (Å²) in [7, 11) is 3.86. The Morgan fingerprint density at radius 2 is 1.66 bits per heavy atom. The summed E-state index contributed by atoms with van der Waals surface area (Å²) in [4.78, 5) is 26.6. The molecule has 0 unspecified atom stereocenters. The van der Waals surface area contributed by atoms with E-state index in [2.05, 4.69) is 16.7 Å². The quantitative estimate of drug-likeness (QED) is 0.660. The molecule has 0 fully saturated rings. The molecule has 0 saturated carbocycles. The lowest BCUT2D eigenvalue weighted by Crippen LogP contribution is -2.40. The van der Waals surface area contributed by atoms with E-state index in [1.165, 1.54) is 0 Å². The van der Waals surface area contributed by atoms with E-state index in [1.54, 1.807) is 24.3 Å². The third-order valence-corrected chi connectivity index (χ3v) is 4.76. The Kier molecular flexibility index (Phi) is 6.22. The normalized spacial score (nSPS) is 11.7. The predicted molar refractivity (Wildman–Crippen MR) is 113 cm³/mol. The SMILES string of the molecule is CN(C)[C@H](CNC(=O)C(=O)Nc1ccccc1C#N)c1cccc2ccccc12. The zero-order chi connectivity index (χ0) is 20.8. The maximum Gasteiger partial charge on any atom is 0.313 e. The molecule has 3 rings (SSSR count). The van der Waals surface area contributed by atoms with Gasteiger partial charge in [0.15, 0.2) is 0 Å². The van der Waals surface area contributed by atoms with Crippen molar-refractivity contribution in [1.29, 1.82) is 5.26 Å². The van der Waals surface area contributed by atoms with Gasteiger partial charge in [-0.05, 0) is 42.6 Å². The first-order valence-electron chi connectivity index (χ1n) is 9.23.